The monoisotopic (exact) mass is 301 g/mol. The first-order chi connectivity index (χ1) is 10.2. The minimum Gasteiger partial charge on any atom is -0.366 e. The summed E-state index contributed by atoms with van der Waals surface area (Å²) in [6, 6.07) is 6.79. The van der Waals surface area contributed by atoms with Crippen LogP contribution in [0.3, 0.4) is 0 Å². The van der Waals surface area contributed by atoms with Gasteiger partial charge < -0.3 is 10.2 Å². The van der Waals surface area contributed by atoms with Gasteiger partial charge in [-0.2, -0.15) is 0 Å². The molecule has 0 aliphatic heterocycles. The lowest BCUT2D eigenvalue weighted by Gasteiger charge is -2.53. The summed E-state index contributed by atoms with van der Waals surface area (Å²) in [5.41, 5.74) is 9.17. The predicted octanol–water partition coefficient (Wildman–Crippen LogP) is 2.86. The molecule has 1 unspecified atom stereocenters. The van der Waals surface area contributed by atoms with Crippen molar-refractivity contribution in [2.45, 2.75) is 50.5 Å². The van der Waals surface area contributed by atoms with Crippen molar-refractivity contribution in [3.8, 4) is 0 Å². The number of nitrogens with zero attached hydrogens (tertiary/aromatic N) is 1. The average Bonchev–Trinajstić information content (AvgIpc) is 2.44. The fourth-order valence-corrected chi connectivity index (χ4v) is 4.93. The summed E-state index contributed by atoms with van der Waals surface area (Å²) in [4.78, 5) is 11.6. The van der Waals surface area contributed by atoms with Crippen molar-refractivity contribution >= 4 is 5.91 Å². The molecule has 1 aromatic rings. The molecule has 1 amide bonds. The van der Waals surface area contributed by atoms with Gasteiger partial charge in [-0.15, -0.1) is 0 Å². The molecule has 3 atom stereocenters. The summed E-state index contributed by atoms with van der Waals surface area (Å²) in [7, 11) is 6.97. The Balaban J connectivity index is 2.14. The fourth-order valence-electron chi connectivity index (χ4n) is 4.93. The number of fused-ring (bicyclic) bond motifs is 3. The number of likely N-dealkylation sites (N-methyl/N-ethyl adjacent to an activating group) is 1. The van der Waals surface area contributed by atoms with E-state index in [0.717, 1.165) is 10.9 Å². The smallest absolute Gasteiger partial charge is 0.248 e. The van der Waals surface area contributed by atoms with Crippen molar-refractivity contribution in [3.63, 3.8) is 0 Å². The molecule has 2 aliphatic rings. The number of hydrogen-bond donors (Lipinski definition) is 1. The number of carbonyl (C=O) groups is 1. The molecule has 3 rings (SSSR count). The zero-order valence-corrected chi connectivity index (χ0v) is 14.4. The van der Waals surface area contributed by atoms with Gasteiger partial charge in [0.05, 0.1) is 27.2 Å². The maximum atomic E-state index is 11.6. The Morgan fingerprint density at radius 2 is 2.00 bits per heavy atom. The molecule has 1 aromatic carbocycles. The molecule has 0 radical (unpaired) electrons. The standard InChI is InChI=1S/C19H28N2O/c1-19-10-6-5-7-15(19)17(21(2,3)4)12-13-8-9-14(18(20)22)11-16(13)19/h8-9,11,15,17H,5-7,10,12H2,1-4H3,(H-,20,22)/p+1/t15-,17+,19?/m0/s1. The van der Waals surface area contributed by atoms with Crippen molar-refractivity contribution in [1.29, 1.82) is 0 Å². The van der Waals surface area contributed by atoms with Crippen molar-refractivity contribution in [1.82, 2.24) is 0 Å². The Bertz CT molecular complexity index is 602. The van der Waals surface area contributed by atoms with Crippen LogP contribution in [0.25, 0.3) is 0 Å². The second-order valence-corrected chi connectivity index (χ2v) is 8.39. The van der Waals surface area contributed by atoms with Crippen molar-refractivity contribution < 1.29 is 9.28 Å². The van der Waals surface area contributed by atoms with Gasteiger partial charge in [0.15, 0.2) is 0 Å². The Morgan fingerprint density at radius 1 is 1.27 bits per heavy atom. The van der Waals surface area contributed by atoms with Crippen molar-refractivity contribution in [2.24, 2.45) is 11.7 Å². The summed E-state index contributed by atoms with van der Waals surface area (Å²) in [5.74, 6) is 0.379. The van der Waals surface area contributed by atoms with Crippen molar-refractivity contribution in [3.05, 3.63) is 34.9 Å². The van der Waals surface area contributed by atoms with E-state index in [1.807, 2.05) is 6.07 Å². The molecule has 1 saturated carbocycles. The summed E-state index contributed by atoms with van der Waals surface area (Å²) in [5, 5.41) is 0. The Hall–Kier alpha value is -1.35. The molecule has 2 N–H and O–H groups in total. The van der Waals surface area contributed by atoms with E-state index in [4.69, 9.17) is 5.73 Å². The Kier molecular flexibility index (Phi) is 3.59. The molecule has 120 valence electrons. The van der Waals surface area contributed by atoms with Gasteiger partial charge in [0.25, 0.3) is 0 Å². The molecular formula is C19H29N2O+. The first-order valence-corrected chi connectivity index (χ1v) is 8.48. The largest absolute Gasteiger partial charge is 0.366 e. The van der Waals surface area contributed by atoms with E-state index >= 15 is 0 Å². The van der Waals surface area contributed by atoms with Gasteiger partial charge >= 0.3 is 0 Å². The molecule has 22 heavy (non-hydrogen) atoms. The number of amides is 1. The Labute approximate surface area is 134 Å². The number of carbonyl (C=O) groups excluding carboxylic acids is 1. The van der Waals surface area contributed by atoms with Crippen LogP contribution in [0.2, 0.25) is 0 Å². The van der Waals surface area contributed by atoms with Crippen LogP contribution in [0.4, 0.5) is 0 Å². The van der Waals surface area contributed by atoms with Gasteiger partial charge in [0.1, 0.15) is 0 Å². The molecule has 0 heterocycles. The third-order valence-electron chi connectivity index (χ3n) is 6.18. The van der Waals surface area contributed by atoms with Crippen LogP contribution in [0, 0.1) is 5.92 Å². The number of nitrogens with two attached hydrogens (primary N) is 1. The lowest BCUT2D eigenvalue weighted by molar-refractivity contribution is -0.901. The number of primary amides is 1. The van der Waals surface area contributed by atoms with Crippen LogP contribution in [0.1, 0.15) is 54.1 Å². The average molecular weight is 301 g/mol. The third-order valence-corrected chi connectivity index (χ3v) is 6.18. The van der Waals surface area contributed by atoms with Crippen LogP contribution < -0.4 is 5.73 Å². The first-order valence-electron chi connectivity index (χ1n) is 8.48. The molecule has 1 fully saturated rings. The molecule has 3 nitrogen and oxygen atoms in total. The van der Waals surface area contributed by atoms with Gasteiger partial charge in [0, 0.05) is 23.3 Å². The molecule has 0 bridgehead atoms. The van der Waals surface area contributed by atoms with E-state index in [2.05, 4.69) is 40.2 Å². The van der Waals surface area contributed by atoms with Crippen molar-refractivity contribution in [2.75, 3.05) is 21.1 Å². The first kappa shape index (κ1) is 15.5. The van der Waals surface area contributed by atoms with Gasteiger partial charge in [-0.25, -0.2) is 0 Å². The van der Waals surface area contributed by atoms with E-state index in [1.54, 1.807) is 0 Å². The second-order valence-electron chi connectivity index (χ2n) is 8.39. The summed E-state index contributed by atoms with van der Waals surface area (Å²) < 4.78 is 1.01. The molecule has 0 spiro atoms. The Morgan fingerprint density at radius 3 is 2.64 bits per heavy atom. The highest BCUT2D eigenvalue weighted by Crippen LogP contribution is 2.51. The van der Waals surface area contributed by atoms with Crippen LogP contribution in [-0.2, 0) is 11.8 Å². The van der Waals surface area contributed by atoms with E-state index in [1.165, 1.54) is 36.8 Å². The zero-order valence-electron chi connectivity index (χ0n) is 14.4. The topological polar surface area (TPSA) is 43.1 Å². The number of hydrogen-bond acceptors (Lipinski definition) is 1. The van der Waals surface area contributed by atoms with Crippen LogP contribution in [-0.4, -0.2) is 37.6 Å². The van der Waals surface area contributed by atoms with Crippen LogP contribution in [0.5, 0.6) is 0 Å². The second kappa shape index (κ2) is 5.09. The van der Waals surface area contributed by atoms with Crippen LogP contribution in [0.15, 0.2) is 18.2 Å². The normalized spacial score (nSPS) is 31.3. The molecule has 0 aromatic heterocycles. The molecule has 2 aliphatic carbocycles. The van der Waals surface area contributed by atoms with E-state index < -0.39 is 0 Å². The molecular weight excluding hydrogens is 272 g/mol. The van der Waals surface area contributed by atoms with Crippen LogP contribution >= 0.6 is 0 Å². The van der Waals surface area contributed by atoms with Gasteiger partial charge in [-0.3, -0.25) is 4.79 Å². The van der Waals surface area contributed by atoms with E-state index in [9.17, 15) is 4.79 Å². The highest BCUT2D eigenvalue weighted by atomic mass is 16.1. The maximum absolute atomic E-state index is 11.6. The minimum absolute atomic E-state index is 0.188. The summed E-state index contributed by atoms with van der Waals surface area (Å²) in [6.07, 6.45) is 6.26. The number of benzene rings is 1. The lowest BCUT2D eigenvalue weighted by atomic mass is 9.56. The summed E-state index contributed by atoms with van der Waals surface area (Å²) in [6.45, 7) is 2.42. The predicted molar refractivity (Wildman–Crippen MR) is 89.8 cm³/mol. The number of rotatable bonds is 2. The fraction of sp³-hybridized carbons (Fsp3) is 0.632. The quantitative estimate of drug-likeness (QED) is 0.839. The van der Waals surface area contributed by atoms with Gasteiger partial charge in [-0.05, 0) is 36.1 Å². The van der Waals surface area contributed by atoms with Gasteiger partial charge in [0.2, 0.25) is 5.91 Å². The van der Waals surface area contributed by atoms with E-state index in [-0.39, 0.29) is 11.3 Å². The third kappa shape index (κ3) is 2.36. The highest BCUT2D eigenvalue weighted by molar-refractivity contribution is 5.93. The molecule has 0 saturated heterocycles. The lowest BCUT2D eigenvalue weighted by Crippen LogP contribution is -2.59. The maximum Gasteiger partial charge on any atom is 0.248 e. The number of quaternary nitrogens is 1. The molecule has 3 heteroatoms. The summed E-state index contributed by atoms with van der Waals surface area (Å²) >= 11 is 0. The van der Waals surface area contributed by atoms with E-state index in [0.29, 0.717) is 17.5 Å². The SMILES string of the molecule is CC12CCCC[C@H]1[C@H]([N+](C)(C)C)Cc1ccc(C(N)=O)cc12. The minimum atomic E-state index is -0.313. The zero-order chi connectivity index (χ0) is 16.1. The van der Waals surface area contributed by atoms with Gasteiger partial charge in [-0.1, -0.05) is 25.8 Å². The highest BCUT2D eigenvalue weighted by Gasteiger charge is 2.51.